The highest BCUT2D eigenvalue weighted by Crippen LogP contribution is 2.13. The molecule has 0 fully saturated rings. The lowest BCUT2D eigenvalue weighted by Gasteiger charge is -2.12. The van der Waals surface area contributed by atoms with E-state index >= 15 is 0 Å². The predicted octanol–water partition coefficient (Wildman–Crippen LogP) is 0.786. The molecular formula is C13H12N4O3. The molecule has 3 heterocycles. The Morgan fingerprint density at radius 1 is 1.50 bits per heavy atom. The van der Waals surface area contributed by atoms with Crippen molar-refractivity contribution in [2.45, 2.75) is 6.04 Å². The molecule has 0 aliphatic heterocycles. The van der Waals surface area contributed by atoms with Gasteiger partial charge >= 0.3 is 0 Å². The standard InChI is InChI=1S/C13H12N4O3/c18-8-10(11-3-1-6-20-11)15-12(19)9-7-17-5-2-4-14-13(17)16-9/h1-7,10,18H,8H2,(H,15,19). The predicted molar refractivity (Wildman–Crippen MR) is 69.0 cm³/mol. The molecule has 1 unspecified atom stereocenters. The van der Waals surface area contributed by atoms with E-state index in [0.29, 0.717) is 11.5 Å². The Hall–Kier alpha value is -2.67. The van der Waals surface area contributed by atoms with E-state index in [1.165, 1.54) is 6.26 Å². The van der Waals surface area contributed by atoms with Crippen molar-refractivity contribution in [3.63, 3.8) is 0 Å². The van der Waals surface area contributed by atoms with Gasteiger partial charge < -0.3 is 14.8 Å². The molecule has 0 saturated carbocycles. The molecule has 0 aromatic carbocycles. The minimum absolute atomic E-state index is 0.230. The first-order valence-corrected chi connectivity index (χ1v) is 6.03. The van der Waals surface area contributed by atoms with Crippen LogP contribution in [0.4, 0.5) is 0 Å². The summed E-state index contributed by atoms with van der Waals surface area (Å²) in [6.07, 6.45) is 6.42. The molecule has 1 amide bonds. The Morgan fingerprint density at radius 3 is 3.10 bits per heavy atom. The Bertz CT molecular complexity index is 687. The molecule has 0 aliphatic rings. The normalized spacial score (nSPS) is 12.4. The first-order chi connectivity index (χ1) is 9.78. The molecule has 2 N–H and O–H groups in total. The van der Waals surface area contributed by atoms with E-state index in [4.69, 9.17) is 4.42 Å². The number of aromatic nitrogens is 3. The average Bonchev–Trinajstić information content (AvgIpc) is 3.13. The molecular weight excluding hydrogens is 260 g/mol. The maximum atomic E-state index is 12.1. The van der Waals surface area contributed by atoms with E-state index in [2.05, 4.69) is 15.3 Å². The van der Waals surface area contributed by atoms with Crippen molar-refractivity contribution in [1.29, 1.82) is 0 Å². The number of rotatable bonds is 4. The van der Waals surface area contributed by atoms with Crippen LogP contribution >= 0.6 is 0 Å². The van der Waals surface area contributed by atoms with Crippen molar-refractivity contribution in [2.75, 3.05) is 6.61 Å². The summed E-state index contributed by atoms with van der Waals surface area (Å²) in [6, 6.07) is 4.52. The van der Waals surface area contributed by atoms with E-state index in [0.717, 1.165) is 0 Å². The fourth-order valence-corrected chi connectivity index (χ4v) is 1.87. The number of furan rings is 1. The maximum Gasteiger partial charge on any atom is 0.272 e. The Labute approximate surface area is 113 Å². The lowest BCUT2D eigenvalue weighted by atomic mass is 10.2. The van der Waals surface area contributed by atoms with Gasteiger partial charge in [-0.1, -0.05) is 0 Å². The second kappa shape index (κ2) is 5.14. The largest absolute Gasteiger partial charge is 0.467 e. The second-order valence-corrected chi connectivity index (χ2v) is 4.18. The third-order valence-electron chi connectivity index (χ3n) is 2.84. The summed E-state index contributed by atoms with van der Waals surface area (Å²) in [7, 11) is 0. The van der Waals surface area contributed by atoms with Gasteiger partial charge in [0.25, 0.3) is 5.91 Å². The van der Waals surface area contributed by atoms with Gasteiger partial charge in [0.05, 0.1) is 12.9 Å². The highest BCUT2D eigenvalue weighted by atomic mass is 16.3. The van der Waals surface area contributed by atoms with Gasteiger partial charge in [-0.2, -0.15) is 0 Å². The number of hydrogen-bond donors (Lipinski definition) is 2. The molecule has 0 spiro atoms. The van der Waals surface area contributed by atoms with Gasteiger partial charge in [0.2, 0.25) is 5.78 Å². The van der Waals surface area contributed by atoms with Crippen molar-refractivity contribution < 1.29 is 14.3 Å². The molecule has 1 atom stereocenters. The number of aliphatic hydroxyl groups is 1. The van der Waals surface area contributed by atoms with Crippen LogP contribution < -0.4 is 5.32 Å². The fraction of sp³-hybridized carbons (Fsp3) is 0.154. The van der Waals surface area contributed by atoms with E-state index in [1.54, 1.807) is 41.2 Å². The molecule has 0 aliphatic carbocycles. The number of imidazole rings is 1. The van der Waals surface area contributed by atoms with Crippen molar-refractivity contribution >= 4 is 11.7 Å². The van der Waals surface area contributed by atoms with Crippen LogP contribution in [0.25, 0.3) is 5.78 Å². The van der Waals surface area contributed by atoms with Crippen LogP contribution in [-0.2, 0) is 0 Å². The minimum atomic E-state index is -0.602. The molecule has 3 aromatic rings. The van der Waals surface area contributed by atoms with Crippen LogP contribution in [0.3, 0.4) is 0 Å². The Kier molecular flexibility index (Phi) is 3.18. The Morgan fingerprint density at radius 2 is 2.40 bits per heavy atom. The quantitative estimate of drug-likeness (QED) is 0.732. The number of nitrogens with one attached hydrogen (secondary N) is 1. The topological polar surface area (TPSA) is 92.7 Å². The summed E-state index contributed by atoms with van der Waals surface area (Å²) in [4.78, 5) is 20.3. The summed E-state index contributed by atoms with van der Waals surface area (Å²) < 4.78 is 6.82. The number of carbonyl (C=O) groups is 1. The highest BCUT2D eigenvalue weighted by Gasteiger charge is 2.19. The zero-order valence-corrected chi connectivity index (χ0v) is 10.4. The maximum absolute atomic E-state index is 12.1. The van der Waals surface area contributed by atoms with Gasteiger partial charge in [0, 0.05) is 18.6 Å². The number of carbonyl (C=O) groups excluding carboxylic acids is 1. The highest BCUT2D eigenvalue weighted by molar-refractivity contribution is 5.92. The smallest absolute Gasteiger partial charge is 0.272 e. The van der Waals surface area contributed by atoms with Gasteiger partial charge in [-0.05, 0) is 18.2 Å². The van der Waals surface area contributed by atoms with Crippen LogP contribution in [0, 0.1) is 0 Å². The molecule has 3 aromatic heterocycles. The fourth-order valence-electron chi connectivity index (χ4n) is 1.87. The summed E-state index contributed by atoms with van der Waals surface area (Å²) in [5.74, 6) is 0.532. The molecule has 3 rings (SSSR count). The third kappa shape index (κ3) is 2.26. The lowest BCUT2D eigenvalue weighted by molar-refractivity contribution is 0.0903. The van der Waals surface area contributed by atoms with Gasteiger partial charge in [-0.3, -0.25) is 9.20 Å². The van der Waals surface area contributed by atoms with Crippen molar-refractivity contribution in [3.8, 4) is 0 Å². The van der Waals surface area contributed by atoms with Crippen LogP contribution in [0.15, 0.2) is 47.5 Å². The second-order valence-electron chi connectivity index (χ2n) is 4.18. The average molecular weight is 272 g/mol. The van der Waals surface area contributed by atoms with E-state index in [-0.39, 0.29) is 12.3 Å². The molecule has 0 radical (unpaired) electrons. The number of nitrogens with zero attached hydrogens (tertiary/aromatic N) is 3. The van der Waals surface area contributed by atoms with Gasteiger partial charge in [-0.15, -0.1) is 0 Å². The summed E-state index contributed by atoms with van der Waals surface area (Å²) in [5, 5.41) is 12.0. The van der Waals surface area contributed by atoms with Crippen LogP contribution in [0.2, 0.25) is 0 Å². The van der Waals surface area contributed by atoms with E-state index < -0.39 is 11.9 Å². The van der Waals surface area contributed by atoms with Gasteiger partial charge in [-0.25, -0.2) is 9.97 Å². The molecule has 7 nitrogen and oxygen atoms in total. The summed E-state index contributed by atoms with van der Waals surface area (Å²) >= 11 is 0. The first-order valence-electron chi connectivity index (χ1n) is 6.03. The van der Waals surface area contributed by atoms with Crippen molar-refractivity contribution in [2.24, 2.45) is 0 Å². The molecule has 0 saturated heterocycles. The minimum Gasteiger partial charge on any atom is -0.467 e. The monoisotopic (exact) mass is 272 g/mol. The molecule has 20 heavy (non-hydrogen) atoms. The van der Waals surface area contributed by atoms with Crippen molar-refractivity contribution in [3.05, 3.63) is 54.5 Å². The molecule has 7 heteroatoms. The molecule has 0 bridgehead atoms. The number of hydrogen-bond acceptors (Lipinski definition) is 5. The summed E-state index contributed by atoms with van der Waals surface area (Å²) in [5.41, 5.74) is 0.230. The van der Waals surface area contributed by atoms with Crippen LogP contribution in [-0.4, -0.2) is 32.0 Å². The number of fused-ring (bicyclic) bond motifs is 1. The van der Waals surface area contributed by atoms with E-state index in [1.807, 2.05) is 0 Å². The zero-order valence-electron chi connectivity index (χ0n) is 10.4. The van der Waals surface area contributed by atoms with Gasteiger partial charge in [0.15, 0.2) is 0 Å². The Balaban J connectivity index is 1.81. The molecule has 102 valence electrons. The van der Waals surface area contributed by atoms with Crippen LogP contribution in [0.1, 0.15) is 22.3 Å². The van der Waals surface area contributed by atoms with Crippen LogP contribution in [0.5, 0.6) is 0 Å². The van der Waals surface area contributed by atoms with Crippen molar-refractivity contribution in [1.82, 2.24) is 19.7 Å². The lowest BCUT2D eigenvalue weighted by Crippen LogP contribution is -2.30. The zero-order chi connectivity index (χ0) is 13.9. The van der Waals surface area contributed by atoms with E-state index in [9.17, 15) is 9.90 Å². The summed E-state index contributed by atoms with van der Waals surface area (Å²) in [6.45, 7) is -0.259. The number of amides is 1. The number of aliphatic hydroxyl groups excluding tert-OH is 1. The third-order valence-corrected chi connectivity index (χ3v) is 2.84. The first kappa shape index (κ1) is 12.4. The SMILES string of the molecule is O=C(NC(CO)c1ccco1)c1cn2cccnc2n1. The van der Waals surface area contributed by atoms with Gasteiger partial charge in [0.1, 0.15) is 17.5 Å².